The third kappa shape index (κ3) is 3.65. The Hall–Kier alpha value is -2.24. The molecule has 1 aromatic rings. The van der Waals surface area contributed by atoms with Crippen LogP contribution in [0.2, 0.25) is 0 Å². The van der Waals surface area contributed by atoms with Gasteiger partial charge in [-0.15, -0.1) is 0 Å². The van der Waals surface area contributed by atoms with Crippen molar-refractivity contribution in [1.29, 1.82) is 0 Å². The summed E-state index contributed by atoms with van der Waals surface area (Å²) >= 11 is 0. The van der Waals surface area contributed by atoms with E-state index in [-0.39, 0.29) is 25.1 Å². The van der Waals surface area contributed by atoms with Gasteiger partial charge in [-0.2, -0.15) is 0 Å². The van der Waals surface area contributed by atoms with E-state index in [1.807, 2.05) is 6.92 Å². The highest BCUT2D eigenvalue weighted by Crippen LogP contribution is 2.32. The van der Waals surface area contributed by atoms with Gasteiger partial charge in [0.05, 0.1) is 13.5 Å². The van der Waals surface area contributed by atoms with E-state index < -0.39 is 0 Å². The van der Waals surface area contributed by atoms with E-state index in [0.717, 1.165) is 6.42 Å². The Kier molecular flexibility index (Phi) is 5.03. The van der Waals surface area contributed by atoms with Crippen LogP contribution in [0.4, 0.5) is 0 Å². The van der Waals surface area contributed by atoms with Gasteiger partial charge in [-0.3, -0.25) is 9.59 Å². The van der Waals surface area contributed by atoms with Crippen molar-refractivity contribution in [2.24, 2.45) is 0 Å². The molecule has 2 rings (SSSR count). The van der Waals surface area contributed by atoms with Crippen LogP contribution in [-0.2, 0) is 9.53 Å². The molecule has 0 N–H and O–H groups in total. The van der Waals surface area contributed by atoms with Gasteiger partial charge >= 0.3 is 5.97 Å². The molecule has 1 heterocycles. The maximum atomic E-state index is 12.5. The molecule has 0 spiro atoms. The number of rotatable bonds is 6. The second kappa shape index (κ2) is 6.97. The first-order chi connectivity index (χ1) is 10.2. The molecule has 1 aromatic carbocycles. The summed E-state index contributed by atoms with van der Waals surface area (Å²) in [6.07, 6.45) is 1.00. The van der Waals surface area contributed by atoms with Gasteiger partial charge in [0, 0.05) is 18.7 Å². The molecule has 0 aliphatic carbocycles. The van der Waals surface area contributed by atoms with Crippen molar-refractivity contribution in [1.82, 2.24) is 4.90 Å². The zero-order chi connectivity index (χ0) is 15.2. The summed E-state index contributed by atoms with van der Waals surface area (Å²) in [5, 5.41) is 0. The first kappa shape index (κ1) is 15.2. The van der Waals surface area contributed by atoms with Gasteiger partial charge in [-0.1, -0.05) is 6.92 Å². The number of carbonyl (C=O) groups excluding carboxylic acids is 2. The molecular weight excluding hydrogens is 274 g/mol. The predicted molar refractivity (Wildman–Crippen MR) is 75.4 cm³/mol. The summed E-state index contributed by atoms with van der Waals surface area (Å²) in [7, 11) is 1.34. The molecule has 6 nitrogen and oxygen atoms in total. The maximum absolute atomic E-state index is 12.5. The molecule has 6 heteroatoms. The Morgan fingerprint density at radius 2 is 2.00 bits per heavy atom. The van der Waals surface area contributed by atoms with Gasteiger partial charge in [-0.25, -0.2) is 0 Å². The Morgan fingerprint density at radius 1 is 1.24 bits per heavy atom. The number of ether oxygens (including phenoxy) is 3. The predicted octanol–water partition coefficient (Wildman–Crippen LogP) is 1.83. The summed E-state index contributed by atoms with van der Waals surface area (Å²) in [5.74, 6) is 0.766. The topological polar surface area (TPSA) is 65.1 Å². The van der Waals surface area contributed by atoms with Crippen molar-refractivity contribution < 1.29 is 23.8 Å². The van der Waals surface area contributed by atoms with Crippen molar-refractivity contribution in [2.45, 2.75) is 19.8 Å². The van der Waals surface area contributed by atoms with Gasteiger partial charge in [0.15, 0.2) is 11.5 Å². The van der Waals surface area contributed by atoms with Crippen molar-refractivity contribution in [3.05, 3.63) is 23.8 Å². The van der Waals surface area contributed by atoms with Crippen LogP contribution >= 0.6 is 0 Å². The number of esters is 1. The molecule has 1 aliphatic rings. The van der Waals surface area contributed by atoms with Gasteiger partial charge in [0.2, 0.25) is 6.79 Å². The number of fused-ring (bicyclic) bond motifs is 1. The van der Waals surface area contributed by atoms with Crippen LogP contribution in [0.3, 0.4) is 0 Å². The maximum Gasteiger partial charge on any atom is 0.307 e. The van der Waals surface area contributed by atoms with E-state index in [4.69, 9.17) is 9.47 Å². The Morgan fingerprint density at radius 3 is 2.71 bits per heavy atom. The molecule has 0 unspecified atom stereocenters. The van der Waals surface area contributed by atoms with Crippen LogP contribution in [0.25, 0.3) is 0 Å². The van der Waals surface area contributed by atoms with Gasteiger partial charge in [-0.05, 0) is 24.6 Å². The lowest BCUT2D eigenvalue weighted by Crippen LogP contribution is -2.33. The molecule has 0 saturated carbocycles. The molecule has 21 heavy (non-hydrogen) atoms. The molecule has 0 fully saturated rings. The Bertz CT molecular complexity index is 529. The van der Waals surface area contributed by atoms with Gasteiger partial charge in [0.1, 0.15) is 0 Å². The first-order valence-corrected chi connectivity index (χ1v) is 6.91. The van der Waals surface area contributed by atoms with Crippen LogP contribution in [0.15, 0.2) is 18.2 Å². The van der Waals surface area contributed by atoms with Crippen molar-refractivity contribution >= 4 is 11.9 Å². The van der Waals surface area contributed by atoms with E-state index in [1.165, 1.54) is 7.11 Å². The fourth-order valence-corrected chi connectivity index (χ4v) is 2.13. The second-order valence-electron chi connectivity index (χ2n) is 4.69. The standard InChI is InChI=1S/C15H19NO5/c1-3-7-16(8-6-14(17)19-2)15(18)11-4-5-12-13(9-11)21-10-20-12/h4-5,9H,3,6-8,10H2,1-2H3. The van der Waals surface area contributed by atoms with E-state index >= 15 is 0 Å². The summed E-state index contributed by atoms with van der Waals surface area (Å²) in [5.41, 5.74) is 0.526. The van der Waals surface area contributed by atoms with Crippen LogP contribution in [-0.4, -0.2) is 43.8 Å². The highest BCUT2D eigenvalue weighted by molar-refractivity contribution is 5.95. The van der Waals surface area contributed by atoms with E-state index in [9.17, 15) is 9.59 Å². The third-order valence-electron chi connectivity index (χ3n) is 3.21. The lowest BCUT2D eigenvalue weighted by molar-refractivity contribution is -0.140. The quantitative estimate of drug-likeness (QED) is 0.749. The number of nitrogens with zero attached hydrogens (tertiary/aromatic N) is 1. The molecule has 0 bridgehead atoms. The zero-order valence-corrected chi connectivity index (χ0v) is 12.3. The number of hydrogen-bond acceptors (Lipinski definition) is 5. The van der Waals surface area contributed by atoms with Crippen molar-refractivity contribution in [3.63, 3.8) is 0 Å². The molecule has 1 aliphatic heterocycles. The normalized spacial score (nSPS) is 12.1. The minimum atomic E-state index is -0.324. The molecule has 0 atom stereocenters. The summed E-state index contributed by atoms with van der Waals surface area (Å²) in [4.78, 5) is 25.4. The summed E-state index contributed by atoms with van der Waals surface area (Å²) in [6.45, 7) is 3.09. The SMILES string of the molecule is CCCN(CCC(=O)OC)C(=O)c1ccc2c(c1)OCO2. The summed E-state index contributed by atoms with van der Waals surface area (Å²) in [6, 6.07) is 5.10. The number of amides is 1. The van der Waals surface area contributed by atoms with E-state index in [0.29, 0.717) is 30.2 Å². The molecule has 0 aromatic heterocycles. The number of methoxy groups -OCH3 is 1. The average molecular weight is 293 g/mol. The number of hydrogen-bond donors (Lipinski definition) is 0. The average Bonchev–Trinajstić information content (AvgIpc) is 2.97. The van der Waals surface area contributed by atoms with Crippen LogP contribution in [0.1, 0.15) is 30.1 Å². The van der Waals surface area contributed by atoms with Crippen LogP contribution in [0, 0.1) is 0 Å². The third-order valence-corrected chi connectivity index (χ3v) is 3.21. The minimum absolute atomic E-state index is 0.126. The van der Waals surface area contributed by atoms with Crippen molar-refractivity contribution in [3.8, 4) is 11.5 Å². The molecule has 0 radical (unpaired) electrons. The number of carbonyl (C=O) groups is 2. The van der Waals surface area contributed by atoms with Crippen molar-refractivity contribution in [2.75, 3.05) is 27.0 Å². The second-order valence-corrected chi connectivity index (χ2v) is 4.69. The molecular formula is C15H19NO5. The Labute approximate surface area is 123 Å². The van der Waals surface area contributed by atoms with E-state index in [2.05, 4.69) is 4.74 Å². The Balaban J connectivity index is 2.08. The molecule has 1 amide bonds. The minimum Gasteiger partial charge on any atom is -0.469 e. The lowest BCUT2D eigenvalue weighted by atomic mass is 10.1. The highest BCUT2D eigenvalue weighted by Gasteiger charge is 2.20. The fourth-order valence-electron chi connectivity index (χ4n) is 2.13. The highest BCUT2D eigenvalue weighted by atomic mass is 16.7. The first-order valence-electron chi connectivity index (χ1n) is 6.91. The summed E-state index contributed by atoms with van der Waals surface area (Å²) < 4.78 is 15.1. The van der Waals surface area contributed by atoms with Crippen LogP contribution in [0.5, 0.6) is 11.5 Å². The number of benzene rings is 1. The largest absolute Gasteiger partial charge is 0.469 e. The zero-order valence-electron chi connectivity index (χ0n) is 12.3. The smallest absolute Gasteiger partial charge is 0.307 e. The molecule has 114 valence electrons. The lowest BCUT2D eigenvalue weighted by Gasteiger charge is -2.21. The van der Waals surface area contributed by atoms with Crippen LogP contribution < -0.4 is 9.47 Å². The monoisotopic (exact) mass is 293 g/mol. The van der Waals surface area contributed by atoms with E-state index in [1.54, 1.807) is 23.1 Å². The molecule has 0 saturated heterocycles. The fraction of sp³-hybridized carbons (Fsp3) is 0.467. The van der Waals surface area contributed by atoms with Gasteiger partial charge < -0.3 is 19.1 Å². The van der Waals surface area contributed by atoms with Gasteiger partial charge in [0.25, 0.3) is 5.91 Å².